The minimum atomic E-state index is -0.112. The van der Waals surface area contributed by atoms with Crippen LogP contribution < -0.4 is 0 Å². The monoisotopic (exact) mass is 238 g/mol. The van der Waals surface area contributed by atoms with Crippen molar-refractivity contribution in [1.29, 1.82) is 0 Å². The fourth-order valence-corrected chi connectivity index (χ4v) is 1.72. The van der Waals surface area contributed by atoms with Crippen molar-refractivity contribution >= 4 is 26.7 Å². The van der Waals surface area contributed by atoms with Gasteiger partial charge in [-0.05, 0) is 27.4 Å². The number of benzene rings is 2. The molecule has 0 radical (unpaired) electrons. The SMILES string of the molecule is Oc1c(Br)cc2ccccc2c1O. The molecule has 2 nitrogen and oxygen atoms in total. The molecule has 0 bridgehead atoms. The number of halogens is 1. The first-order valence-corrected chi connectivity index (χ1v) is 4.58. The van der Waals surface area contributed by atoms with Gasteiger partial charge >= 0.3 is 0 Å². The van der Waals surface area contributed by atoms with Gasteiger partial charge in [0.2, 0.25) is 0 Å². The molecule has 66 valence electrons. The van der Waals surface area contributed by atoms with Crippen LogP contribution in [0.15, 0.2) is 34.8 Å². The van der Waals surface area contributed by atoms with Crippen molar-refractivity contribution in [2.24, 2.45) is 0 Å². The maximum absolute atomic E-state index is 9.56. The van der Waals surface area contributed by atoms with Crippen molar-refractivity contribution in [1.82, 2.24) is 0 Å². The highest BCUT2D eigenvalue weighted by molar-refractivity contribution is 9.10. The second-order valence-corrected chi connectivity index (χ2v) is 3.63. The summed E-state index contributed by atoms with van der Waals surface area (Å²) in [4.78, 5) is 0. The third-order valence-corrected chi connectivity index (χ3v) is 2.55. The van der Waals surface area contributed by atoms with E-state index in [0.717, 1.165) is 5.39 Å². The van der Waals surface area contributed by atoms with Crippen LogP contribution in [0.5, 0.6) is 11.5 Å². The first-order chi connectivity index (χ1) is 6.20. The number of phenols is 2. The standard InChI is InChI=1S/C10H7BrO2/c11-8-5-6-3-1-2-4-7(6)9(12)10(8)13/h1-5,12-13H. The van der Waals surface area contributed by atoms with E-state index in [1.807, 2.05) is 18.2 Å². The Labute approximate surface area is 83.6 Å². The van der Waals surface area contributed by atoms with Crippen LogP contribution in [0.4, 0.5) is 0 Å². The lowest BCUT2D eigenvalue weighted by Crippen LogP contribution is -1.76. The molecule has 0 amide bonds. The van der Waals surface area contributed by atoms with Gasteiger partial charge in [-0.1, -0.05) is 24.3 Å². The summed E-state index contributed by atoms with van der Waals surface area (Å²) >= 11 is 3.16. The van der Waals surface area contributed by atoms with E-state index in [1.165, 1.54) is 0 Å². The molecule has 13 heavy (non-hydrogen) atoms. The molecule has 0 saturated heterocycles. The van der Waals surface area contributed by atoms with Crippen molar-refractivity contribution in [3.63, 3.8) is 0 Å². The summed E-state index contributed by atoms with van der Waals surface area (Å²) < 4.78 is 0.503. The van der Waals surface area contributed by atoms with E-state index < -0.39 is 0 Å². The Morgan fingerprint density at radius 1 is 1.00 bits per heavy atom. The molecule has 2 aromatic carbocycles. The Morgan fingerprint density at radius 2 is 1.69 bits per heavy atom. The summed E-state index contributed by atoms with van der Waals surface area (Å²) in [6.07, 6.45) is 0. The van der Waals surface area contributed by atoms with Gasteiger partial charge in [0, 0.05) is 5.39 Å². The average molecular weight is 239 g/mol. The van der Waals surface area contributed by atoms with Gasteiger partial charge in [0.15, 0.2) is 11.5 Å². The van der Waals surface area contributed by atoms with Crippen LogP contribution in [-0.4, -0.2) is 10.2 Å². The zero-order chi connectivity index (χ0) is 9.42. The molecule has 0 aliphatic carbocycles. The van der Waals surface area contributed by atoms with E-state index in [-0.39, 0.29) is 11.5 Å². The Morgan fingerprint density at radius 3 is 2.46 bits per heavy atom. The maximum Gasteiger partial charge on any atom is 0.172 e. The number of hydrogen-bond donors (Lipinski definition) is 2. The van der Waals surface area contributed by atoms with Crippen LogP contribution in [-0.2, 0) is 0 Å². The number of aromatic hydroxyl groups is 2. The Kier molecular flexibility index (Phi) is 1.88. The predicted octanol–water partition coefficient (Wildman–Crippen LogP) is 3.01. The minimum absolute atomic E-state index is 0.0787. The van der Waals surface area contributed by atoms with Crippen LogP contribution in [0.1, 0.15) is 0 Å². The summed E-state index contributed by atoms with van der Waals surface area (Å²) in [6, 6.07) is 9.10. The molecule has 0 aliphatic heterocycles. The molecule has 2 N–H and O–H groups in total. The highest BCUT2D eigenvalue weighted by Gasteiger charge is 2.08. The highest BCUT2D eigenvalue weighted by Crippen LogP contribution is 2.39. The second-order valence-electron chi connectivity index (χ2n) is 2.78. The molecule has 0 aliphatic rings. The quantitative estimate of drug-likeness (QED) is 0.693. The van der Waals surface area contributed by atoms with Crippen LogP contribution in [0.2, 0.25) is 0 Å². The van der Waals surface area contributed by atoms with Crippen LogP contribution in [0.3, 0.4) is 0 Å². The van der Waals surface area contributed by atoms with E-state index in [2.05, 4.69) is 15.9 Å². The van der Waals surface area contributed by atoms with E-state index in [4.69, 9.17) is 0 Å². The van der Waals surface area contributed by atoms with Gasteiger partial charge in [0.25, 0.3) is 0 Å². The van der Waals surface area contributed by atoms with Gasteiger partial charge in [-0.25, -0.2) is 0 Å². The fourth-order valence-electron chi connectivity index (χ4n) is 1.28. The maximum atomic E-state index is 9.56. The third kappa shape index (κ3) is 1.25. The lowest BCUT2D eigenvalue weighted by atomic mass is 10.1. The molecular weight excluding hydrogens is 232 g/mol. The van der Waals surface area contributed by atoms with Crippen molar-refractivity contribution in [3.05, 3.63) is 34.8 Å². The summed E-state index contributed by atoms with van der Waals surface area (Å²) in [5.41, 5.74) is 0. The molecule has 0 fully saturated rings. The number of fused-ring (bicyclic) bond motifs is 1. The minimum Gasteiger partial charge on any atom is -0.504 e. The van der Waals surface area contributed by atoms with E-state index in [0.29, 0.717) is 9.86 Å². The molecule has 0 atom stereocenters. The van der Waals surface area contributed by atoms with Gasteiger partial charge in [-0.15, -0.1) is 0 Å². The molecule has 2 aromatic rings. The topological polar surface area (TPSA) is 40.5 Å². The number of hydrogen-bond acceptors (Lipinski definition) is 2. The van der Waals surface area contributed by atoms with E-state index in [9.17, 15) is 10.2 Å². The van der Waals surface area contributed by atoms with Gasteiger partial charge in [0.1, 0.15) is 0 Å². The van der Waals surface area contributed by atoms with Gasteiger partial charge in [-0.3, -0.25) is 0 Å². The van der Waals surface area contributed by atoms with Crippen LogP contribution in [0.25, 0.3) is 10.8 Å². The van der Waals surface area contributed by atoms with Gasteiger partial charge < -0.3 is 10.2 Å². The molecule has 3 heteroatoms. The van der Waals surface area contributed by atoms with E-state index in [1.54, 1.807) is 12.1 Å². The first kappa shape index (κ1) is 8.38. The van der Waals surface area contributed by atoms with Crippen molar-refractivity contribution in [2.75, 3.05) is 0 Å². The Balaban J connectivity index is 2.94. The third-order valence-electron chi connectivity index (χ3n) is 1.95. The van der Waals surface area contributed by atoms with Crippen molar-refractivity contribution in [3.8, 4) is 11.5 Å². The van der Waals surface area contributed by atoms with Gasteiger partial charge in [-0.2, -0.15) is 0 Å². The predicted molar refractivity (Wildman–Crippen MR) is 55.0 cm³/mol. The highest BCUT2D eigenvalue weighted by atomic mass is 79.9. The summed E-state index contributed by atoms with van der Waals surface area (Å²) in [7, 11) is 0. The lowest BCUT2D eigenvalue weighted by Gasteiger charge is -2.04. The molecular formula is C10H7BrO2. The summed E-state index contributed by atoms with van der Waals surface area (Å²) in [5, 5.41) is 20.5. The molecule has 0 unspecified atom stereocenters. The zero-order valence-electron chi connectivity index (χ0n) is 6.66. The summed E-state index contributed by atoms with van der Waals surface area (Å²) in [5.74, 6) is -0.191. The number of rotatable bonds is 0. The molecule has 0 saturated carbocycles. The molecule has 0 spiro atoms. The smallest absolute Gasteiger partial charge is 0.172 e. The van der Waals surface area contributed by atoms with Crippen LogP contribution in [0, 0.1) is 0 Å². The second kappa shape index (κ2) is 2.92. The number of phenolic OH excluding ortho intramolecular Hbond substituents is 2. The largest absolute Gasteiger partial charge is 0.504 e. The Bertz CT molecular complexity index is 466. The normalized spacial score (nSPS) is 10.5. The molecule has 0 heterocycles. The lowest BCUT2D eigenvalue weighted by molar-refractivity contribution is 0.406. The van der Waals surface area contributed by atoms with Gasteiger partial charge in [0.05, 0.1) is 4.47 Å². The summed E-state index contributed by atoms with van der Waals surface area (Å²) in [6.45, 7) is 0. The zero-order valence-corrected chi connectivity index (χ0v) is 8.25. The van der Waals surface area contributed by atoms with Crippen molar-refractivity contribution in [2.45, 2.75) is 0 Å². The van der Waals surface area contributed by atoms with E-state index >= 15 is 0 Å². The molecule has 2 rings (SSSR count). The average Bonchev–Trinajstić information content (AvgIpc) is 2.15. The fraction of sp³-hybridized carbons (Fsp3) is 0. The molecule has 0 aromatic heterocycles. The van der Waals surface area contributed by atoms with Crippen LogP contribution >= 0.6 is 15.9 Å². The Hall–Kier alpha value is -1.22. The first-order valence-electron chi connectivity index (χ1n) is 3.79. The van der Waals surface area contributed by atoms with Crippen molar-refractivity contribution < 1.29 is 10.2 Å².